The molecule has 0 aliphatic rings. The van der Waals surface area contributed by atoms with E-state index >= 15 is 0 Å². The number of nitrogens with zero attached hydrogens (tertiary/aromatic N) is 3. The first-order valence-electron chi connectivity index (χ1n) is 9.72. The van der Waals surface area contributed by atoms with E-state index in [1.807, 2.05) is 13.8 Å². The molecular weight excluding hydrogens is 483 g/mol. The fourth-order valence-corrected chi connectivity index (χ4v) is 3.95. The molecule has 0 unspecified atom stereocenters. The molecule has 2 aromatic rings. The first kappa shape index (κ1) is 26.8. The molecule has 1 heterocycles. The van der Waals surface area contributed by atoms with Crippen molar-refractivity contribution in [1.29, 1.82) is 0 Å². The number of aliphatic hydroxyl groups excluding tert-OH is 1. The molecule has 33 heavy (non-hydrogen) atoms. The second-order valence-corrected chi connectivity index (χ2v) is 10.2. The second-order valence-electron chi connectivity index (χ2n) is 7.55. The number of nitrogens with one attached hydrogen (secondary N) is 2. The van der Waals surface area contributed by atoms with Crippen molar-refractivity contribution in [3.63, 3.8) is 0 Å². The molecule has 0 amide bonds. The fourth-order valence-electron chi connectivity index (χ4n) is 2.81. The van der Waals surface area contributed by atoms with Crippen molar-refractivity contribution in [3.8, 4) is 0 Å². The maximum atomic E-state index is 13.2. The van der Waals surface area contributed by atoms with Gasteiger partial charge in [-0.1, -0.05) is 43.8 Å². The second kappa shape index (κ2) is 11.1. The molecule has 9 nitrogen and oxygen atoms in total. The highest BCUT2D eigenvalue weighted by molar-refractivity contribution is 7.99. The van der Waals surface area contributed by atoms with Gasteiger partial charge in [0.25, 0.3) is 0 Å². The smallest absolute Gasteiger partial charge is 0.394 e. The largest absolute Gasteiger partial charge is 0.417 e. The van der Waals surface area contributed by atoms with Crippen LogP contribution in [0.3, 0.4) is 0 Å². The molecule has 0 fully saturated rings. The Morgan fingerprint density at radius 1 is 1.15 bits per heavy atom. The van der Waals surface area contributed by atoms with Gasteiger partial charge in [0.2, 0.25) is 21.9 Å². The van der Waals surface area contributed by atoms with Gasteiger partial charge in [0, 0.05) is 5.56 Å². The lowest BCUT2D eigenvalue weighted by atomic mass is 10.0. The molecule has 182 valence electrons. The number of aliphatic hydroxyl groups is 1. The van der Waals surface area contributed by atoms with Crippen LogP contribution in [0, 0.1) is 5.92 Å². The van der Waals surface area contributed by atoms with Crippen LogP contribution < -0.4 is 10.0 Å². The van der Waals surface area contributed by atoms with Crippen LogP contribution in [0.4, 0.5) is 25.1 Å². The topological polar surface area (TPSA) is 134 Å². The lowest BCUT2D eigenvalue weighted by Crippen LogP contribution is -2.27. The Morgan fingerprint density at radius 3 is 2.36 bits per heavy atom. The molecule has 2 rings (SSSR count). The number of carbonyl (C=O) groups is 1. The number of hydrogen-bond donors (Lipinski definition) is 3. The van der Waals surface area contributed by atoms with Gasteiger partial charge in [-0.15, -0.1) is 0 Å². The van der Waals surface area contributed by atoms with E-state index in [0.717, 1.165) is 30.2 Å². The number of thioether (sulfide) groups is 1. The first-order chi connectivity index (χ1) is 15.3. The van der Waals surface area contributed by atoms with Crippen molar-refractivity contribution >= 4 is 39.5 Å². The molecule has 0 bridgehead atoms. The van der Waals surface area contributed by atoms with E-state index in [0.29, 0.717) is 6.42 Å². The highest BCUT2D eigenvalue weighted by atomic mass is 32.2. The summed E-state index contributed by atoms with van der Waals surface area (Å²) in [5, 5.41) is 12.4. The van der Waals surface area contributed by atoms with Crippen molar-refractivity contribution in [2.24, 2.45) is 5.92 Å². The third kappa shape index (κ3) is 8.78. The molecule has 0 radical (unpaired) electrons. The van der Waals surface area contributed by atoms with E-state index in [4.69, 9.17) is 0 Å². The number of anilines is 2. The van der Waals surface area contributed by atoms with Crippen LogP contribution in [0.15, 0.2) is 29.4 Å². The van der Waals surface area contributed by atoms with Gasteiger partial charge in [0.1, 0.15) is 0 Å². The van der Waals surface area contributed by atoms with Crippen molar-refractivity contribution < 1.29 is 31.5 Å². The van der Waals surface area contributed by atoms with Crippen LogP contribution in [0.2, 0.25) is 0 Å². The Bertz CT molecular complexity index is 1080. The van der Waals surface area contributed by atoms with E-state index in [-0.39, 0.29) is 29.6 Å². The van der Waals surface area contributed by atoms with Gasteiger partial charge in [0.15, 0.2) is 10.9 Å². The van der Waals surface area contributed by atoms with Crippen LogP contribution in [-0.2, 0) is 16.2 Å². The lowest BCUT2D eigenvalue weighted by Gasteiger charge is -2.18. The van der Waals surface area contributed by atoms with Gasteiger partial charge in [0.05, 0.1) is 30.2 Å². The summed E-state index contributed by atoms with van der Waals surface area (Å²) in [6.45, 7) is 3.65. The van der Waals surface area contributed by atoms with Crippen LogP contribution in [0.25, 0.3) is 0 Å². The van der Waals surface area contributed by atoms with Crippen LogP contribution >= 0.6 is 11.8 Å². The predicted octanol–water partition coefficient (Wildman–Crippen LogP) is 3.06. The Labute approximate surface area is 193 Å². The standard InChI is InChI=1S/C19H24F3N5O4S2/c1-11(2)8-12(9-28)23-16-24-17(27-33(3,30)31)26-18(25-16)32-10-15(29)13-6-4-5-7-14(13)19(20,21)22/h4-7,11-12,28H,8-10H2,1-3H3,(H2,23,24,25,26,27)/t12-/m1/s1. The van der Waals surface area contributed by atoms with Crippen molar-refractivity contribution in [2.45, 2.75) is 37.6 Å². The maximum Gasteiger partial charge on any atom is 0.417 e. The minimum Gasteiger partial charge on any atom is -0.394 e. The molecule has 1 atom stereocenters. The van der Waals surface area contributed by atoms with Crippen molar-refractivity contribution in [1.82, 2.24) is 15.0 Å². The summed E-state index contributed by atoms with van der Waals surface area (Å²) in [5.41, 5.74) is -1.54. The number of hydrogen-bond acceptors (Lipinski definition) is 9. The molecular formula is C19H24F3N5O4S2. The van der Waals surface area contributed by atoms with Gasteiger partial charge in [-0.25, -0.2) is 8.42 Å². The molecule has 0 saturated heterocycles. The zero-order valence-electron chi connectivity index (χ0n) is 18.0. The molecule has 3 N–H and O–H groups in total. The molecule has 0 aliphatic heterocycles. The SMILES string of the molecule is CC(C)C[C@H](CO)Nc1nc(NS(C)(=O)=O)nc(SCC(=O)c2ccccc2C(F)(F)F)n1. The summed E-state index contributed by atoms with van der Waals surface area (Å²) in [5.74, 6) is -1.38. The van der Waals surface area contributed by atoms with E-state index in [9.17, 15) is 31.5 Å². The van der Waals surface area contributed by atoms with Gasteiger partial charge >= 0.3 is 6.18 Å². The third-order valence-corrected chi connectivity index (χ3v) is 5.47. The van der Waals surface area contributed by atoms with Crippen LogP contribution in [0.5, 0.6) is 0 Å². The minimum absolute atomic E-state index is 0.0542. The number of alkyl halides is 3. The molecule has 1 aromatic heterocycles. The lowest BCUT2D eigenvalue weighted by molar-refractivity contribution is -0.137. The summed E-state index contributed by atoms with van der Waals surface area (Å²) >= 11 is 0.729. The number of Topliss-reactive ketones (excluding diaryl/α,β-unsaturated/α-hetero) is 1. The van der Waals surface area contributed by atoms with Gasteiger partial charge in [-0.2, -0.15) is 28.1 Å². The number of halogens is 3. The highest BCUT2D eigenvalue weighted by Gasteiger charge is 2.34. The average molecular weight is 508 g/mol. The first-order valence-corrected chi connectivity index (χ1v) is 12.6. The highest BCUT2D eigenvalue weighted by Crippen LogP contribution is 2.32. The molecule has 0 aliphatic carbocycles. The van der Waals surface area contributed by atoms with E-state index in [1.165, 1.54) is 12.1 Å². The predicted molar refractivity (Wildman–Crippen MR) is 119 cm³/mol. The number of carbonyl (C=O) groups excluding carboxylic acids is 1. The number of rotatable bonds is 11. The Morgan fingerprint density at radius 2 is 1.79 bits per heavy atom. The van der Waals surface area contributed by atoms with E-state index in [2.05, 4.69) is 25.0 Å². The summed E-state index contributed by atoms with van der Waals surface area (Å²) in [6.07, 6.45) is -3.24. The summed E-state index contributed by atoms with van der Waals surface area (Å²) in [6, 6.07) is 3.99. The average Bonchev–Trinajstić information content (AvgIpc) is 2.69. The third-order valence-electron chi connectivity index (χ3n) is 4.07. The number of benzene rings is 1. The van der Waals surface area contributed by atoms with Crippen molar-refractivity contribution in [2.75, 3.05) is 28.7 Å². The number of ketones is 1. The molecule has 1 aromatic carbocycles. The van der Waals surface area contributed by atoms with Gasteiger partial charge in [-0.3, -0.25) is 9.52 Å². The fraction of sp³-hybridized carbons (Fsp3) is 0.474. The van der Waals surface area contributed by atoms with Gasteiger partial charge in [-0.05, 0) is 18.4 Å². The molecule has 14 heteroatoms. The maximum absolute atomic E-state index is 13.2. The van der Waals surface area contributed by atoms with Crippen LogP contribution in [0.1, 0.15) is 36.2 Å². The molecule has 0 spiro atoms. The van der Waals surface area contributed by atoms with Gasteiger partial charge < -0.3 is 10.4 Å². The zero-order chi connectivity index (χ0) is 24.8. The number of aromatic nitrogens is 3. The Hall–Kier alpha value is -2.45. The molecule has 0 saturated carbocycles. The van der Waals surface area contributed by atoms with Crippen molar-refractivity contribution in [3.05, 3.63) is 35.4 Å². The van der Waals surface area contributed by atoms with Crippen LogP contribution in [-0.4, -0.2) is 58.9 Å². The zero-order valence-corrected chi connectivity index (χ0v) is 19.7. The van der Waals surface area contributed by atoms with E-state index < -0.39 is 44.9 Å². The quantitative estimate of drug-likeness (QED) is 0.310. The number of sulfonamides is 1. The minimum atomic E-state index is -4.69. The Balaban J connectivity index is 2.28. The monoisotopic (exact) mass is 507 g/mol. The summed E-state index contributed by atoms with van der Waals surface area (Å²) < 4.78 is 64.9. The summed E-state index contributed by atoms with van der Waals surface area (Å²) in [7, 11) is -3.74. The Kier molecular flexibility index (Phi) is 9.03. The normalized spacial score (nSPS) is 13.1. The summed E-state index contributed by atoms with van der Waals surface area (Å²) in [4.78, 5) is 24.5. The van der Waals surface area contributed by atoms with E-state index in [1.54, 1.807) is 0 Å².